The number of rotatable bonds is 2. The zero-order valence-corrected chi connectivity index (χ0v) is 11.9. The molecule has 4 heteroatoms. The van der Waals surface area contributed by atoms with E-state index in [1.54, 1.807) is 12.1 Å². The van der Waals surface area contributed by atoms with Gasteiger partial charge in [-0.1, -0.05) is 6.07 Å². The molecular formula is C17H18N2O2. The van der Waals surface area contributed by atoms with Gasteiger partial charge in [-0.3, -0.25) is 4.79 Å². The van der Waals surface area contributed by atoms with Crippen LogP contribution in [0.5, 0.6) is 5.75 Å². The largest absolute Gasteiger partial charge is 0.508 e. The fraction of sp³-hybridized carbons (Fsp3) is 0.235. The van der Waals surface area contributed by atoms with E-state index in [2.05, 4.69) is 16.7 Å². The van der Waals surface area contributed by atoms with Crippen LogP contribution < -0.4 is 10.6 Å². The second-order valence-electron chi connectivity index (χ2n) is 5.36. The van der Waals surface area contributed by atoms with Crippen LogP contribution in [-0.2, 0) is 6.42 Å². The lowest BCUT2D eigenvalue weighted by molar-refractivity contribution is 0.102. The third-order valence-corrected chi connectivity index (χ3v) is 3.76. The highest BCUT2D eigenvalue weighted by Gasteiger charge is 2.12. The standard InChI is InChI=1S/C17H18N2O2/c1-11-9-14(20)6-7-15(11)17(21)19-13-5-4-12-3-2-8-18-16(12)10-13/h4-7,9-10,18,20H,2-3,8H2,1H3,(H,19,21). The maximum absolute atomic E-state index is 12.3. The van der Waals surface area contributed by atoms with E-state index in [1.807, 2.05) is 19.1 Å². The average molecular weight is 282 g/mol. The molecule has 2 aromatic carbocycles. The van der Waals surface area contributed by atoms with E-state index < -0.39 is 0 Å². The van der Waals surface area contributed by atoms with Gasteiger partial charge in [0.05, 0.1) is 0 Å². The molecule has 108 valence electrons. The third kappa shape index (κ3) is 2.84. The lowest BCUT2D eigenvalue weighted by Gasteiger charge is -2.19. The normalized spacial score (nSPS) is 13.2. The van der Waals surface area contributed by atoms with Gasteiger partial charge in [-0.15, -0.1) is 0 Å². The van der Waals surface area contributed by atoms with Crippen LogP contribution in [0.4, 0.5) is 11.4 Å². The highest BCUT2D eigenvalue weighted by atomic mass is 16.3. The molecular weight excluding hydrogens is 264 g/mol. The Kier molecular flexibility index (Phi) is 3.52. The van der Waals surface area contributed by atoms with Crippen LogP contribution >= 0.6 is 0 Å². The van der Waals surface area contributed by atoms with Crippen molar-refractivity contribution in [2.75, 3.05) is 17.2 Å². The van der Waals surface area contributed by atoms with Gasteiger partial charge in [-0.25, -0.2) is 0 Å². The van der Waals surface area contributed by atoms with Gasteiger partial charge in [0.25, 0.3) is 5.91 Å². The van der Waals surface area contributed by atoms with Crippen molar-refractivity contribution < 1.29 is 9.90 Å². The zero-order valence-electron chi connectivity index (χ0n) is 11.9. The van der Waals surface area contributed by atoms with Gasteiger partial charge in [0.1, 0.15) is 5.75 Å². The van der Waals surface area contributed by atoms with E-state index in [-0.39, 0.29) is 11.7 Å². The fourth-order valence-electron chi connectivity index (χ4n) is 2.64. The molecule has 2 aromatic rings. The third-order valence-electron chi connectivity index (χ3n) is 3.76. The number of phenolic OH excluding ortho intramolecular Hbond substituents is 1. The summed E-state index contributed by atoms with van der Waals surface area (Å²) in [5.74, 6) is 0.00490. The Morgan fingerprint density at radius 2 is 2.10 bits per heavy atom. The number of benzene rings is 2. The Bertz CT molecular complexity index is 695. The summed E-state index contributed by atoms with van der Waals surface area (Å²) < 4.78 is 0. The summed E-state index contributed by atoms with van der Waals surface area (Å²) in [5, 5.41) is 15.7. The van der Waals surface area contributed by atoms with Gasteiger partial charge in [0.2, 0.25) is 0 Å². The number of phenols is 1. The van der Waals surface area contributed by atoms with Crippen molar-refractivity contribution in [3.05, 3.63) is 53.1 Å². The van der Waals surface area contributed by atoms with Crippen molar-refractivity contribution in [3.63, 3.8) is 0 Å². The first-order valence-corrected chi connectivity index (χ1v) is 7.11. The average Bonchev–Trinajstić information content (AvgIpc) is 2.47. The van der Waals surface area contributed by atoms with Gasteiger partial charge < -0.3 is 15.7 Å². The van der Waals surface area contributed by atoms with Crippen molar-refractivity contribution >= 4 is 17.3 Å². The summed E-state index contributed by atoms with van der Waals surface area (Å²) in [6, 6.07) is 10.7. The summed E-state index contributed by atoms with van der Waals surface area (Å²) in [7, 11) is 0. The number of fused-ring (bicyclic) bond motifs is 1. The highest BCUT2D eigenvalue weighted by molar-refractivity contribution is 6.05. The molecule has 0 saturated heterocycles. The Labute approximate surface area is 123 Å². The highest BCUT2D eigenvalue weighted by Crippen LogP contribution is 2.26. The molecule has 0 fully saturated rings. The monoisotopic (exact) mass is 282 g/mol. The number of aryl methyl sites for hydroxylation is 2. The lowest BCUT2D eigenvalue weighted by Crippen LogP contribution is -2.15. The van der Waals surface area contributed by atoms with E-state index in [1.165, 1.54) is 11.6 Å². The first-order chi connectivity index (χ1) is 10.1. The molecule has 21 heavy (non-hydrogen) atoms. The summed E-state index contributed by atoms with van der Waals surface area (Å²) in [4.78, 5) is 12.3. The molecule has 1 aliphatic heterocycles. The maximum atomic E-state index is 12.3. The molecule has 0 aromatic heterocycles. The molecule has 0 atom stereocenters. The van der Waals surface area contributed by atoms with E-state index in [4.69, 9.17) is 0 Å². The molecule has 3 rings (SSSR count). The summed E-state index contributed by atoms with van der Waals surface area (Å²) >= 11 is 0. The predicted octanol–water partition coefficient (Wildman–Crippen LogP) is 3.31. The van der Waals surface area contributed by atoms with Crippen molar-refractivity contribution in [3.8, 4) is 5.75 Å². The molecule has 1 aliphatic rings. The summed E-state index contributed by atoms with van der Waals surface area (Å²) in [6.45, 7) is 2.78. The summed E-state index contributed by atoms with van der Waals surface area (Å²) in [6.07, 6.45) is 2.22. The first-order valence-electron chi connectivity index (χ1n) is 7.11. The van der Waals surface area contributed by atoms with Crippen LogP contribution in [0.1, 0.15) is 27.9 Å². The topological polar surface area (TPSA) is 61.4 Å². The maximum Gasteiger partial charge on any atom is 0.255 e. The second-order valence-corrected chi connectivity index (χ2v) is 5.36. The van der Waals surface area contributed by atoms with Crippen molar-refractivity contribution in [1.29, 1.82) is 0 Å². The number of hydrogen-bond acceptors (Lipinski definition) is 3. The second kappa shape index (κ2) is 5.48. The molecule has 0 saturated carbocycles. The molecule has 0 aliphatic carbocycles. The molecule has 3 N–H and O–H groups in total. The van der Waals surface area contributed by atoms with Gasteiger partial charge in [-0.2, -0.15) is 0 Å². The van der Waals surface area contributed by atoms with Crippen LogP contribution in [0, 0.1) is 6.92 Å². The van der Waals surface area contributed by atoms with Gasteiger partial charge >= 0.3 is 0 Å². The van der Waals surface area contributed by atoms with Crippen molar-refractivity contribution in [2.24, 2.45) is 0 Å². The molecule has 1 heterocycles. The molecule has 0 bridgehead atoms. The Balaban J connectivity index is 1.81. The molecule has 0 spiro atoms. The Hall–Kier alpha value is -2.49. The van der Waals surface area contributed by atoms with Crippen LogP contribution in [0.3, 0.4) is 0 Å². The van der Waals surface area contributed by atoms with Crippen LogP contribution in [-0.4, -0.2) is 17.6 Å². The Morgan fingerprint density at radius 3 is 2.90 bits per heavy atom. The number of carbonyl (C=O) groups is 1. The quantitative estimate of drug-likeness (QED) is 0.792. The molecule has 0 unspecified atom stereocenters. The van der Waals surface area contributed by atoms with E-state index in [0.29, 0.717) is 5.56 Å². The van der Waals surface area contributed by atoms with Gasteiger partial charge in [0, 0.05) is 23.5 Å². The van der Waals surface area contributed by atoms with Crippen LogP contribution in [0.2, 0.25) is 0 Å². The van der Waals surface area contributed by atoms with E-state index in [9.17, 15) is 9.90 Å². The Morgan fingerprint density at radius 1 is 1.24 bits per heavy atom. The lowest BCUT2D eigenvalue weighted by atomic mass is 10.0. The SMILES string of the molecule is Cc1cc(O)ccc1C(=O)Nc1ccc2c(c1)NCCC2. The van der Waals surface area contributed by atoms with Crippen LogP contribution in [0.25, 0.3) is 0 Å². The predicted molar refractivity (Wildman–Crippen MR) is 84.0 cm³/mol. The fourth-order valence-corrected chi connectivity index (χ4v) is 2.64. The first kappa shape index (κ1) is 13.5. The van der Waals surface area contributed by atoms with Crippen LogP contribution in [0.15, 0.2) is 36.4 Å². The minimum absolute atomic E-state index is 0.164. The minimum Gasteiger partial charge on any atom is -0.508 e. The van der Waals surface area contributed by atoms with Gasteiger partial charge in [0.15, 0.2) is 0 Å². The number of hydrogen-bond donors (Lipinski definition) is 3. The van der Waals surface area contributed by atoms with E-state index >= 15 is 0 Å². The molecule has 4 nitrogen and oxygen atoms in total. The molecule has 0 radical (unpaired) electrons. The molecule has 1 amide bonds. The van der Waals surface area contributed by atoms with E-state index in [0.717, 1.165) is 36.3 Å². The minimum atomic E-state index is -0.164. The van der Waals surface area contributed by atoms with Gasteiger partial charge in [-0.05, 0) is 61.2 Å². The van der Waals surface area contributed by atoms with Crippen molar-refractivity contribution in [1.82, 2.24) is 0 Å². The zero-order chi connectivity index (χ0) is 14.8. The number of aromatic hydroxyl groups is 1. The smallest absolute Gasteiger partial charge is 0.255 e. The number of carbonyl (C=O) groups excluding carboxylic acids is 1. The van der Waals surface area contributed by atoms with Crippen molar-refractivity contribution in [2.45, 2.75) is 19.8 Å². The number of nitrogens with one attached hydrogen (secondary N) is 2. The number of amides is 1. The number of anilines is 2. The summed E-state index contributed by atoms with van der Waals surface area (Å²) in [5.41, 5.74) is 4.49.